The SMILES string of the molecule is C=CO[C@H](CCCC)C(=C)N(C)[C@H](C)[C@H](O)c1ccccc1. The molecule has 1 N–H and O–H groups in total. The van der Waals surface area contributed by atoms with Crippen molar-refractivity contribution in [3.05, 3.63) is 61.0 Å². The van der Waals surface area contributed by atoms with Gasteiger partial charge >= 0.3 is 0 Å². The average Bonchev–Trinajstić information content (AvgIpc) is 2.56. The Morgan fingerprint density at radius 3 is 2.55 bits per heavy atom. The first-order chi connectivity index (χ1) is 10.5. The molecule has 0 radical (unpaired) electrons. The van der Waals surface area contributed by atoms with Crippen molar-refractivity contribution in [2.24, 2.45) is 0 Å². The second-order valence-electron chi connectivity index (χ2n) is 5.63. The number of rotatable bonds is 10. The molecule has 0 heterocycles. The summed E-state index contributed by atoms with van der Waals surface area (Å²) in [5.74, 6) is 0. The highest BCUT2D eigenvalue weighted by atomic mass is 16.5. The van der Waals surface area contributed by atoms with E-state index in [1.807, 2.05) is 49.2 Å². The number of hydrogen-bond donors (Lipinski definition) is 1. The Balaban J connectivity index is 2.76. The molecule has 0 aromatic heterocycles. The van der Waals surface area contributed by atoms with Crippen LogP contribution >= 0.6 is 0 Å². The lowest BCUT2D eigenvalue weighted by Gasteiger charge is -2.35. The zero-order valence-corrected chi connectivity index (χ0v) is 14.0. The fourth-order valence-electron chi connectivity index (χ4n) is 2.45. The Hall–Kier alpha value is -1.74. The van der Waals surface area contributed by atoms with Crippen LogP contribution in [0.2, 0.25) is 0 Å². The van der Waals surface area contributed by atoms with E-state index in [2.05, 4.69) is 20.1 Å². The summed E-state index contributed by atoms with van der Waals surface area (Å²) in [7, 11) is 1.95. The zero-order valence-electron chi connectivity index (χ0n) is 14.0. The van der Waals surface area contributed by atoms with E-state index in [0.29, 0.717) is 0 Å². The number of ether oxygens (including phenoxy) is 1. The van der Waals surface area contributed by atoms with Crippen LogP contribution in [0.5, 0.6) is 0 Å². The Labute approximate surface area is 134 Å². The fraction of sp³-hybridized carbons (Fsp3) is 0.474. The number of nitrogens with zero attached hydrogens (tertiary/aromatic N) is 1. The smallest absolute Gasteiger partial charge is 0.137 e. The monoisotopic (exact) mass is 303 g/mol. The van der Waals surface area contributed by atoms with Gasteiger partial charge in [-0.3, -0.25) is 0 Å². The minimum atomic E-state index is -0.571. The predicted molar refractivity (Wildman–Crippen MR) is 92.4 cm³/mol. The summed E-state index contributed by atoms with van der Waals surface area (Å²) < 4.78 is 5.60. The second-order valence-corrected chi connectivity index (χ2v) is 5.63. The molecule has 3 heteroatoms. The minimum Gasteiger partial charge on any atom is -0.492 e. The average molecular weight is 303 g/mol. The Morgan fingerprint density at radius 1 is 1.36 bits per heavy atom. The first kappa shape index (κ1) is 18.3. The second kappa shape index (κ2) is 9.31. The Bertz CT molecular complexity index is 458. The summed E-state index contributed by atoms with van der Waals surface area (Å²) >= 11 is 0. The highest BCUT2D eigenvalue weighted by Gasteiger charge is 2.25. The maximum Gasteiger partial charge on any atom is 0.137 e. The molecule has 0 aliphatic heterocycles. The Morgan fingerprint density at radius 2 is 2.00 bits per heavy atom. The van der Waals surface area contributed by atoms with Gasteiger partial charge in [0.15, 0.2) is 0 Å². The van der Waals surface area contributed by atoms with Crippen LogP contribution in [0.1, 0.15) is 44.8 Å². The topological polar surface area (TPSA) is 32.7 Å². The van der Waals surface area contributed by atoms with Crippen LogP contribution in [0, 0.1) is 0 Å². The van der Waals surface area contributed by atoms with Gasteiger partial charge in [-0.1, -0.05) is 56.8 Å². The maximum atomic E-state index is 10.6. The molecule has 1 rings (SSSR count). The van der Waals surface area contributed by atoms with Crippen LogP contribution in [0.15, 0.2) is 55.4 Å². The van der Waals surface area contributed by atoms with E-state index < -0.39 is 6.10 Å². The van der Waals surface area contributed by atoms with E-state index in [1.165, 1.54) is 6.26 Å². The molecule has 0 aliphatic carbocycles. The molecule has 0 aliphatic rings. The molecule has 1 aromatic carbocycles. The van der Waals surface area contributed by atoms with Crippen molar-refractivity contribution in [3.63, 3.8) is 0 Å². The molecule has 1 aromatic rings. The van der Waals surface area contributed by atoms with Gasteiger partial charge < -0.3 is 14.7 Å². The highest BCUT2D eigenvalue weighted by Crippen LogP contribution is 2.25. The van der Waals surface area contributed by atoms with Crippen molar-refractivity contribution in [2.75, 3.05) is 7.05 Å². The summed E-state index contributed by atoms with van der Waals surface area (Å²) in [5.41, 5.74) is 1.78. The molecule has 0 unspecified atom stereocenters. The number of hydrogen-bond acceptors (Lipinski definition) is 3. The number of unbranched alkanes of at least 4 members (excludes halogenated alkanes) is 1. The highest BCUT2D eigenvalue weighted by molar-refractivity contribution is 5.19. The quantitative estimate of drug-likeness (QED) is 0.655. The van der Waals surface area contributed by atoms with Crippen LogP contribution in [-0.2, 0) is 4.74 Å². The van der Waals surface area contributed by atoms with E-state index in [9.17, 15) is 5.11 Å². The van der Waals surface area contributed by atoms with Gasteiger partial charge in [0, 0.05) is 12.7 Å². The van der Waals surface area contributed by atoms with Gasteiger partial charge in [0.1, 0.15) is 6.10 Å². The summed E-state index contributed by atoms with van der Waals surface area (Å²) in [4.78, 5) is 2.00. The van der Waals surface area contributed by atoms with Gasteiger partial charge in [-0.15, -0.1) is 0 Å². The molecule has 0 bridgehead atoms. The molecular formula is C19H29NO2. The molecule has 0 saturated heterocycles. The van der Waals surface area contributed by atoms with Crippen LogP contribution in [0.4, 0.5) is 0 Å². The van der Waals surface area contributed by atoms with Crippen molar-refractivity contribution in [1.29, 1.82) is 0 Å². The first-order valence-electron chi connectivity index (χ1n) is 7.93. The normalized spacial score (nSPS) is 14.7. The molecule has 0 spiro atoms. The van der Waals surface area contributed by atoms with Crippen molar-refractivity contribution < 1.29 is 9.84 Å². The fourth-order valence-corrected chi connectivity index (χ4v) is 2.45. The molecule has 0 fully saturated rings. The zero-order chi connectivity index (χ0) is 16.5. The van der Waals surface area contributed by atoms with Crippen molar-refractivity contribution in [2.45, 2.75) is 51.4 Å². The third-order valence-electron chi connectivity index (χ3n) is 4.11. The number of aliphatic hydroxyl groups is 1. The van der Waals surface area contributed by atoms with E-state index in [-0.39, 0.29) is 12.1 Å². The standard InChI is InChI=1S/C19H29NO2/c1-6-8-14-18(22-7-2)15(3)20(5)16(4)19(21)17-12-10-9-11-13-17/h7,9-13,16,18-19,21H,2-3,6,8,14H2,1,4-5H3/t16-,18-,19+/m1/s1. The lowest BCUT2D eigenvalue weighted by molar-refractivity contribution is 0.0643. The number of likely N-dealkylation sites (N-methyl/N-ethyl adjacent to an activating group) is 1. The van der Waals surface area contributed by atoms with Crippen molar-refractivity contribution in [3.8, 4) is 0 Å². The van der Waals surface area contributed by atoms with Gasteiger partial charge in [-0.25, -0.2) is 0 Å². The summed E-state index contributed by atoms with van der Waals surface area (Å²) in [6.07, 6.45) is 3.89. The summed E-state index contributed by atoms with van der Waals surface area (Å²) in [6, 6.07) is 9.60. The number of benzene rings is 1. The third-order valence-corrected chi connectivity index (χ3v) is 4.11. The maximum absolute atomic E-state index is 10.6. The van der Waals surface area contributed by atoms with Crippen molar-refractivity contribution >= 4 is 0 Å². The lowest BCUT2D eigenvalue weighted by Crippen LogP contribution is -2.37. The van der Waals surface area contributed by atoms with Gasteiger partial charge in [0.05, 0.1) is 18.4 Å². The molecular weight excluding hydrogens is 274 g/mol. The van der Waals surface area contributed by atoms with Crippen LogP contribution in [0.3, 0.4) is 0 Å². The van der Waals surface area contributed by atoms with Crippen LogP contribution in [0.25, 0.3) is 0 Å². The summed E-state index contributed by atoms with van der Waals surface area (Å²) in [5, 5.41) is 10.6. The van der Waals surface area contributed by atoms with Gasteiger partial charge in [0.25, 0.3) is 0 Å². The Kier molecular flexibility index (Phi) is 7.75. The molecule has 3 atom stereocenters. The minimum absolute atomic E-state index is 0.0899. The van der Waals surface area contributed by atoms with Gasteiger partial charge in [-0.2, -0.15) is 0 Å². The largest absolute Gasteiger partial charge is 0.492 e. The predicted octanol–water partition coefficient (Wildman–Crippen LogP) is 4.27. The van der Waals surface area contributed by atoms with E-state index in [1.54, 1.807) is 0 Å². The molecule has 122 valence electrons. The molecule has 0 amide bonds. The van der Waals surface area contributed by atoms with Gasteiger partial charge in [-0.05, 0) is 25.3 Å². The van der Waals surface area contributed by atoms with E-state index >= 15 is 0 Å². The van der Waals surface area contributed by atoms with Crippen LogP contribution < -0.4 is 0 Å². The molecule has 3 nitrogen and oxygen atoms in total. The number of aliphatic hydroxyl groups excluding tert-OH is 1. The third kappa shape index (κ3) is 4.92. The lowest BCUT2D eigenvalue weighted by atomic mass is 10.0. The van der Waals surface area contributed by atoms with Crippen molar-refractivity contribution in [1.82, 2.24) is 4.90 Å². The van der Waals surface area contributed by atoms with E-state index in [0.717, 1.165) is 30.5 Å². The van der Waals surface area contributed by atoms with Gasteiger partial charge in [0.2, 0.25) is 0 Å². The van der Waals surface area contributed by atoms with Crippen LogP contribution in [-0.4, -0.2) is 29.2 Å². The molecule has 0 saturated carbocycles. The summed E-state index contributed by atoms with van der Waals surface area (Å²) in [6.45, 7) is 12.0. The molecule has 22 heavy (non-hydrogen) atoms. The van der Waals surface area contributed by atoms with E-state index in [4.69, 9.17) is 4.74 Å². The first-order valence-corrected chi connectivity index (χ1v) is 7.93.